The van der Waals surface area contributed by atoms with Crippen LogP contribution >= 0.6 is 0 Å². The van der Waals surface area contributed by atoms with Crippen LogP contribution in [0, 0.1) is 15.9 Å². The molecule has 0 spiro atoms. The van der Waals surface area contributed by atoms with E-state index in [2.05, 4.69) is 4.74 Å². The first kappa shape index (κ1) is 17.5. The number of nitro benzene ring substituents is 1. The minimum Gasteiger partial charge on any atom is -0.497 e. The van der Waals surface area contributed by atoms with Gasteiger partial charge < -0.3 is 9.47 Å². The highest BCUT2D eigenvalue weighted by atomic mass is 19.3. The molecule has 2 aromatic carbocycles. The van der Waals surface area contributed by atoms with Crippen molar-refractivity contribution in [3.8, 4) is 11.5 Å². The van der Waals surface area contributed by atoms with Crippen molar-refractivity contribution in [2.45, 2.75) is 12.7 Å². The Morgan fingerprint density at radius 2 is 1.92 bits per heavy atom. The summed E-state index contributed by atoms with van der Waals surface area (Å²) in [5.74, 6) is -3.19. The fourth-order valence-corrected chi connectivity index (χ4v) is 2.48. The summed E-state index contributed by atoms with van der Waals surface area (Å²) in [6, 6.07) is 7.36. The number of ether oxygens (including phenoxy) is 2. The summed E-state index contributed by atoms with van der Waals surface area (Å²) in [6.07, 6.45) is -4.22. The average Bonchev–Trinajstić information content (AvgIpc) is 2.58. The molecule has 0 aromatic heterocycles. The van der Waals surface area contributed by atoms with Gasteiger partial charge in [-0.3, -0.25) is 19.8 Å². The maximum atomic E-state index is 13.8. The van der Waals surface area contributed by atoms with Gasteiger partial charge >= 0.3 is 17.7 Å². The number of rotatable bonds is 4. The van der Waals surface area contributed by atoms with Crippen molar-refractivity contribution in [1.82, 2.24) is 0 Å². The number of hydrogen-bond donors (Lipinski definition) is 0. The lowest BCUT2D eigenvalue weighted by molar-refractivity contribution is -0.387. The number of hydrogen-bond acceptors (Lipinski definition) is 5. The first-order chi connectivity index (χ1) is 12.2. The van der Waals surface area contributed by atoms with Gasteiger partial charge in [-0.15, -0.1) is 0 Å². The van der Waals surface area contributed by atoms with Crippen LogP contribution in [0.15, 0.2) is 36.4 Å². The maximum Gasteiger partial charge on any atom is 0.482 e. The standard InChI is InChI=1S/C16H11F3N2O5/c1-25-10-4-2-9(3-5-10)8-20-13-7-12(21(23)24)11(17)6-14(13)26-16(18,19)15(20)22/h2-7H,8H2,1H3. The molecule has 1 aliphatic heterocycles. The van der Waals surface area contributed by atoms with Crippen molar-refractivity contribution in [1.29, 1.82) is 0 Å². The second kappa shape index (κ2) is 6.21. The first-order valence-electron chi connectivity index (χ1n) is 7.22. The van der Waals surface area contributed by atoms with Crippen LogP contribution in [0.1, 0.15) is 5.56 Å². The molecular weight excluding hydrogens is 357 g/mol. The normalized spacial score (nSPS) is 15.2. The van der Waals surface area contributed by atoms with Crippen LogP contribution in [-0.4, -0.2) is 24.0 Å². The number of carbonyl (C=O) groups is 1. The van der Waals surface area contributed by atoms with Crippen LogP contribution in [0.5, 0.6) is 11.5 Å². The van der Waals surface area contributed by atoms with Gasteiger partial charge in [-0.2, -0.15) is 13.2 Å². The molecule has 10 heteroatoms. The van der Waals surface area contributed by atoms with Crippen molar-refractivity contribution in [3.05, 3.63) is 57.9 Å². The highest BCUT2D eigenvalue weighted by molar-refractivity contribution is 6.01. The van der Waals surface area contributed by atoms with Crippen molar-refractivity contribution in [2.24, 2.45) is 0 Å². The molecular formula is C16H11F3N2O5. The van der Waals surface area contributed by atoms with Crippen molar-refractivity contribution in [3.63, 3.8) is 0 Å². The number of fused-ring (bicyclic) bond motifs is 1. The van der Waals surface area contributed by atoms with Gasteiger partial charge in [0.2, 0.25) is 5.82 Å². The van der Waals surface area contributed by atoms with Crippen LogP contribution in [0.4, 0.5) is 24.5 Å². The predicted molar refractivity (Wildman–Crippen MR) is 82.8 cm³/mol. The monoisotopic (exact) mass is 368 g/mol. The predicted octanol–water partition coefficient (Wildman–Crippen LogP) is 3.26. The van der Waals surface area contributed by atoms with Gasteiger partial charge in [-0.1, -0.05) is 12.1 Å². The lowest BCUT2D eigenvalue weighted by atomic mass is 10.1. The van der Waals surface area contributed by atoms with Crippen molar-refractivity contribution in [2.75, 3.05) is 12.0 Å². The van der Waals surface area contributed by atoms with Crippen LogP contribution in [0.3, 0.4) is 0 Å². The molecule has 0 unspecified atom stereocenters. The lowest BCUT2D eigenvalue weighted by Gasteiger charge is -2.33. The summed E-state index contributed by atoms with van der Waals surface area (Å²) >= 11 is 0. The Labute approximate surface area is 144 Å². The van der Waals surface area contributed by atoms with Crippen LogP contribution in [0.2, 0.25) is 0 Å². The molecule has 0 bridgehead atoms. The fourth-order valence-electron chi connectivity index (χ4n) is 2.48. The Kier molecular flexibility index (Phi) is 4.18. The molecule has 0 radical (unpaired) electrons. The van der Waals surface area contributed by atoms with E-state index < -0.39 is 34.2 Å². The van der Waals surface area contributed by atoms with E-state index in [0.29, 0.717) is 28.3 Å². The molecule has 1 heterocycles. The summed E-state index contributed by atoms with van der Waals surface area (Å²) in [7, 11) is 1.45. The van der Waals surface area contributed by atoms with Gasteiger partial charge in [0.05, 0.1) is 24.3 Å². The number of nitro groups is 1. The Bertz CT molecular complexity index is 886. The second-order valence-electron chi connectivity index (χ2n) is 5.39. The Balaban J connectivity index is 2.06. The van der Waals surface area contributed by atoms with Crippen molar-refractivity contribution >= 4 is 17.3 Å². The molecule has 1 amide bonds. The Morgan fingerprint density at radius 3 is 2.50 bits per heavy atom. The highest BCUT2D eigenvalue weighted by Crippen LogP contribution is 2.43. The van der Waals surface area contributed by atoms with Gasteiger partial charge in [0.15, 0.2) is 5.75 Å². The fraction of sp³-hybridized carbons (Fsp3) is 0.188. The van der Waals surface area contributed by atoms with Gasteiger partial charge in [0.1, 0.15) is 5.75 Å². The highest BCUT2D eigenvalue weighted by Gasteiger charge is 2.51. The minimum atomic E-state index is -4.22. The van der Waals surface area contributed by atoms with Gasteiger partial charge in [-0.05, 0) is 17.7 Å². The van der Waals surface area contributed by atoms with Crippen molar-refractivity contribution < 1.29 is 32.4 Å². The second-order valence-corrected chi connectivity index (χ2v) is 5.39. The first-order valence-corrected chi connectivity index (χ1v) is 7.22. The van der Waals surface area contributed by atoms with Crippen LogP contribution in [-0.2, 0) is 11.3 Å². The van der Waals surface area contributed by atoms with Gasteiger partial charge in [0, 0.05) is 12.1 Å². The zero-order valence-electron chi connectivity index (χ0n) is 13.2. The quantitative estimate of drug-likeness (QED) is 0.611. The third kappa shape index (κ3) is 3.01. The number of halogens is 3. The largest absolute Gasteiger partial charge is 0.497 e. The number of benzene rings is 2. The van der Waals surface area contributed by atoms with E-state index in [4.69, 9.17) is 4.74 Å². The third-order valence-electron chi connectivity index (χ3n) is 3.75. The SMILES string of the molecule is COc1ccc(CN2C(=O)C(F)(F)Oc3cc(F)c([N+](=O)[O-])cc32)cc1. The molecule has 0 fully saturated rings. The van der Waals surface area contributed by atoms with Gasteiger partial charge in [0.25, 0.3) is 0 Å². The average molecular weight is 368 g/mol. The number of nitrogens with zero attached hydrogens (tertiary/aromatic N) is 2. The van der Waals surface area contributed by atoms with E-state index in [9.17, 15) is 28.1 Å². The maximum absolute atomic E-state index is 13.8. The van der Waals surface area contributed by atoms with E-state index in [1.54, 1.807) is 12.1 Å². The van der Waals surface area contributed by atoms with E-state index in [1.807, 2.05) is 0 Å². The number of carbonyl (C=O) groups excluding carboxylic acids is 1. The number of amides is 1. The summed E-state index contributed by atoms with van der Waals surface area (Å²) in [5, 5.41) is 10.9. The molecule has 1 aliphatic rings. The molecule has 0 saturated carbocycles. The van der Waals surface area contributed by atoms with E-state index in [-0.39, 0.29) is 12.2 Å². The number of alkyl halides is 2. The number of anilines is 1. The Morgan fingerprint density at radius 1 is 1.27 bits per heavy atom. The smallest absolute Gasteiger partial charge is 0.482 e. The third-order valence-corrected chi connectivity index (χ3v) is 3.75. The lowest BCUT2D eigenvalue weighted by Crippen LogP contribution is -2.50. The zero-order valence-corrected chi connectivity index (χ0v) is 13.2. The van der Waals surface area contributed by atoms with Gasteiger partial charge in [-0.25, -0.2) is 0 Å². The molecule has 26 heavy (non-hydrogen) atoms. The van der Waals surface area contributed by atoms with E-state index in [0.717, 1.165) is 0 Å². The van der Waals surface area contributed by atoms with E-state index >= 15 is 0 Å². The van der Waals surface area contributed by atoms with Crippen LogP contribution < -0.4 is 14.4 Å². The van der Waals surface area contributed by atoms with Crippen LogP contribution in [0.25, 0.3) is 0 Å². The molecule has 136 valence electrons. The molecule has 7 nitrogen and oxygen atoms in total. The Hall–Kier alpha value is -3.30. The zero-order chi connectivity index (χ0) is 19.1. The summed E-state index contributed by atoms with van der Waals surface area (Å²) in [5.41, 5.74) is -0.815. The minimum absolute atomic E-state index is 0.315. The molecule has 0 atom stereocenters. The summed E-state index contributed by atoms with van der Waals surface area (Å²) in [6.45, 7) is -0.322. The molecule has 2 aromatic rings. The molecule has 0 aliphatic carbocycles. The molecule has 0 N–H and O–H groups in total. The summed E-state index contributed by atoms with van der Waals surface area (Å²) < 4.78 is 50.7. The number of methoxy groups -OCH3 is 1. The van der Waals surface area contributed by atoms with E-state index in [1.165, 1.54) is 19.2 Å². The topological polar surface area (TPSA) is 81.9 Å². The molecule has 3 rings (SSSR count). The summed E-state index contributed by atoms with van der Waals surface area (Å²) in [4.78, 5) is 22.6. The molecule has 0 saturated heterocycles.